The topological polar surface area (TPSA) is 66.1 Å². The Kier molecular flexibility index (Phi) is 6.16. The Morgan fingerprint density at radius 3 is 2.52 bits per heavy atom. The van der Waals surface area contributed by atoms with Crippen LogP contribution in [-0.4, -0.2) is 31.0 Å². The number of hydrogen-bond acceptors (Lipinski definition) is 4. The third-order valence-electron chi connectivity index (χ3n) is 4.24. The lowest BCUT2D eigenvalue weighted by atomic mass is 10.1. The summed E-state index contributed by atoms with van der Waals surface area (Å²) in [6.07, 6.45) is 1.72. The highest BCUT2D eigenvalue weighted by Crippen LogP contribution is 2.32. The van der Waals surface area contributed by atoms with Crippen molar-refractivity contribution in [3.8, 4) is 0 Å². The van der Waals surface area contributed by atoms with Crippen LogP contribution in [-0.2, 0) is 0 Å². The Labute approximate surface area is 168 Å². The minimum atomic E-state index is -0.364. The molecule has 27 heavy (non-hydrogen) atoms. The summed E-state index contributed by atoms with van der Waals surface area (Å²) in [6.45, 7) is 3.54. The van der Waals surface area contributed by atoms with Gasteiger partial charge in [0.05, 0.1) is 26.8 Å². The summed E-state index contributed by atoms with van der Waals surface area (Å²) in [7, 11) is 1.91. The summed E-state index contributed by atoms with van der Waals surface area (Å²) in [5.41, 5.74) is 3.47. The highest BCUT2D eigenvalue weighted by molar-refractivity contribution is 6.40. The lowest BCUT2D eigenvalue weighted by molar-refractivity contribution is 0.102. The molecule has 3 aromatic rings. The lowest BCUT2D eigenvalue weighted by Crippen LogP contribution is -2.18. The van der Waals surface area contributed by atoms with Gasteiger partial charge in [0.2, 0.25) is 0 Å². The minimum Gasteiger partial charge on any atom is -0.383 e. The standard InChI is InChI=1S/C20H20Cl2N4O/c1-12-6-7-13-16(24-11-10-23-2)8-9-25-19(13)18(12)26-20(27)17-14(21)4-3-5-15(17)22/h3-9,23H,10-11H2,1-2H3,(H,24,25)(H,26,27). The fourth-order valence-electron chi connectivity index (χ4n) is 2.84. The van der Waals surface area contributed by atoms with Crippen molar-refractivity contribution in [1.29, 1.82) is 0 Å². The predicted octanol–water partition coefficient (Wildman–Crippen LogP) is 4.73. The maximum atomic E-state index is 12.8. The normalized spacial score (nSPS) is 10.8. The molecule has 5 nitrogen and oxygen atoms in total. The van der Waals surface area contributed by atoms with Gasteiger partial charge in [-0.3, -0.25) is 9.78 Å². The van der Waals surface area contributed by atoms with Crippen LogP contribution in [0.15, 0.2) is 42.6 Å². The minimum absolute atomic E-state index is 0.250. The second-order valence-electron chi connectivity index (χ2n) is 6.09. The molecule has 0 saturated heterocycles. The molecule has 140 valence electrons. The van der Waals surface area contributed by atoms with Crippen molar-refractivity contribution in [1.82, 2.24) is 10.3 Å². The van der Waals surface area contributed by atoms with Crippen LogP contribution < -0.4 is 16.0 Å². The largest absolute Gasteiger partial charge is 0.383 e. The first-order chi connectivity index (χ1) is 13.0. The Bertz CT molecular complexity index is 971. The molecule has 0 fully saturated rings. The van der Waals surface area contributed by atoms with Crippen LogP contribution >= 0.6 is 23.2 Å². The number of halogens is 2. The average Bonchev–Trinajstić information content (AvgIpc) is 2.64. The number of carbonyl (C=O) groups excluding carboxylic acids is 1. The Hall–Kier alpha value is -2.34. The van der Waals surface area contributed by atoms with Gasteiger partial charge >= 0.3 is 0 Å². The van der Waals surface area contributed by atoms with Crippen molar-refractivity contribution < 1.29 is 4.79 Å². The van der Waals surface area contributed by atoms with E-state index in [1.54, 1.807) is 24.4 Å². The molecule has 1 heterocycles. The quantitative estimate of drug-likeness (QED) is 0.521. The number of nitrogens with zero attached hydrogens (tertiary/aromatic N) is 1. The number of anilines is 2. The Morgan fingerprint density at radius 1 is 1.07 bits per heavy atom. The summed E-state index contributed by atoms with van der Waals surface area (Å²) in [5.74, 6) is -0.364. The third kappa shape index (κ3) is 4.16. The van der Waals surface area contributed by atoms with E-state index in [0.29, 0.717) is 21.2 Å². The Balaban J connectivity index is 2.00. The molecule has 0 aliphatic carbocycles. The summed E-state index contributed by atoms with van der Waals surface area (Å²) >= 11 is 12.3. The summed E-state index contributed by atoms with van der Waals surface area (Å²) in [6, 6.07) is 10.9. The zero-order valence-electron chi connectivity index (χ0n) is 15.1. The van der Waals surface area contributed by atoms with E-state index in [9.17, 15) is 4.79 Å². The van der Waals surface area contributed by atoms with E-state index in [2.05, 4.69) is 20.9 Å². The molecule has 1 aromatic heterocycles. The van der Waals surface area contributed by atoms with Crippen LogP contribution in [0.1, 0.15) is 15.9 Å². The average molecular weight is 403 g/mol. The van der Waals surface area contributed by atoms with E-state index in [4.69, 9.17) is 23.2 Å². The van der Waals surface area contributed by atoms with Gasteiger partial charge in [0.15, 0.2) is 0 Å². The molecule has 3 N–H and O–H groups in total. The van der Waals surface area contributed by atoms with Crippen molar-refractivity contribution in [3.63, 3.8) is 0 Å². The molecule has 2 aromatic carbocycles. The molecule has 0 spiro atoms. The fraction of sp³-hybridized carbons (Fsp3) is 0.200. The SMILES string of the molecule is CNCCNc1ccnc2c(NC(=O)c3c(Cl)cccc3Cl)c(C)ccc12. The number of aromatic nitrogens is 1. The predicted molar refractivity (Wildman–Crippen MR) is 113 cm³/mol. The third-order valence-corrected chi connectivity index (χ3v) is 4.87. The van der Waals surface area contributed by atoms with Gasteiger partial charge in [-0.15, -0.1) is 0 Å². The van der Waals surface area contributed by atoms with Crippen LogP contribution in [0.25, 0.3) is 10.9 Å². The van der Waals surface area contributed by atoms with Crippen molar-refractivity contribution in [2.75, 3.05) is 30.8 Å². The van der Waals surface area contributed by atoms with Crippen LogP contribution in [0.3, 0.4) is 0 Å². The summed E-state index contributed by atoms with van der Waals surface area (Å²) < 4.78 is 0. The lowest BCUT2D eigenvalue weighted by Gasteiger charge is -2.15. The molecule has 0 aliphatic rings. The van der Waals surface area contributed by atoms with E-state index in [-0.39, 0.29) is 11.5 Å². The number of fused-ring (bicyclic) bond motifs is 1. The maximum absolute atomic E-state index is 12.8. The molecular formula is C20H20Cl2N4O. The number of benzene rings is 2. The molecule has 3 rings (SSSR count). The highest BCUT2D eigenvalue weighted by Gasteiger charge is 2.17. The fourth-order valence-corrected chi connectivity index (χ4v) is 3.41. The second-order valence-corrected chi connectivity index (χ2v) is 6.91. The van der Waals surface area contributed by atoms with Gasteiger partial charge in [-0.1, -0.05) is 41.4 Å². The maximum Gasteiger partial charge on any atom is 0.258 e. The monoisotopic (exact) mass is 402 g/mol. The number of amides is 1. The van der Waals surface area contributed by atoms with E-state index in [1.807, 2.05) is 32.2 Å². The van der Waals surface area contributed by atoms with Gasteiger partial charge < -0.3 is 16.0 Å². The summed E-state index contributed by atoms with van der Waals surface area (Å²) in [5, 5.41) is 11.0. The molecule has 7 heteroatoms. The number of pyridine rings is 1. The number of carbonyl (C=O) groups is 1. The number of rotatable bonds is 6. The summed E-state index contributed by atoms with van der Waals surface area (Å²) in [4.78, 5) is 17.3. The van der Waals surface area contributed by atoms with Gasteiger partial charge in [-0.25, -0.2) is 0 Å². The Morgan fingerprint density at radius 2 is 1.81 bits per heavy atom. The molecule has 0 unspecified atom stereocenters. The van der Waals surface area contributed by atoms with E-state index in [1.165, 1.54) is 0 Å². The first kappa shape index (κ1) is 19.4. The molecule has 0 atom stereocenters. The van der Waals surface area contributed by atoms with Gasteiger partial charge in [-0.2, -0.15) is 0 Å². The van der Waals surface area contributed by atoms with Crippen LogP contribution in [0.2, 0.25) is 10.0 Å². The molecular weight excluding hydrogens is 383 g/mol. The van der Waals surface area contributed by atoms with E-state index >= 15 is 0 Å². The van der Waals surface area contributed by atoms with E-state index in [0.717, 1.165) is 29.7 Å². The van der Waals surface area contributed by atoms with Crippen molar-refractivity contribution in [2.45, 2.75) is 6.92 Å². The van der Waals surface area contributed by atoms with Gasteiger partial charge in [0.25, 0.3) is 5.91 Å². The first-order valence-corrected chi connectivity index (χ1v) is 9.30. The van der Waals surface area contributed by atoms with Crippen molar-refractivity contribution in [2.24, 2.45) is 0 Å². The highest BCUT2D eigenvalue weighted by atomic mass is 35.5. The van der Waals surface area contributed by atoms with Crippen molar-refractivity contribution in [3.05, 3.63) is 63.8 Å². The molecule has 0 saturated carbocycles. The van der Waals surface area contributed by atoms with Crippen LogP contribution in [0, 0.1) is 6.92 Å². The van der Waals surface area contributed by atoms with Gasteiger partial charge in [-0.05, 0) is 37.7 Å². The van der Waals surface area contributed by atoms with Crippen LogP contribution in [0.4, 0.5) is 11.4 Å². The number of aryl methyl sites for hydroxylation is 1. The molecule has 0 bridgehead atoms. The first-order valence-electron chi connectivity index (χ1n) is 8.55. The number of hydrogen-bond donors (Lipinski definition) is 3. The van der Waals surface area contributed by atoms with Gasteiger partial charge in [0.1, 0.15) is 0 Å². The zero-order valence-corrected chi connectivity index (χ0v) is 16.6. The van der Waals surface area contributed by atoms with E-state index < -0.39 is 0 Å². The van der Waals surface area contributed by atoms with Gasteiger partial charge in [0, 0.05) is 30.4 Å². The van der Waals surface area contributed by atoms with Crippen molar-refractivity contribution >= 4 is 51.4 Å². The molecule has 0 radical (unpaired) electrons. The zero-order chi connectivity index (χ0) is 19.4. The number of likely N-dealkylation sites (N-methyl/N-ethyl adjacent to an activating group) is 1. The smallest absolute Gasteiger partial charge is 0.258 e. The molecule has 1 amide bonds. The second kappa shape index (κ2) is 8.57. The van der Waals surface area contributed by atoms with Crippen LogP contribution in [0.5, 0.6) is 0 Å². The number of nitrogens with one attached hydrogen (secondary N) is 3. The molecule has 0 aliphatic heterocycles.